The number of anilines is 1. The van der Waals surface area contributed by atoms with Crippen LogP contribution in [-0.2, 0) is 9.47 Å². The molecular weight excluding hydrogens is 302 g/mol. The second-order valence-corrected chi connectivity index (χ2v) is 5.63. The predicted octanol–water partition coefficient (Wildman–Crippen LogP) is -0.942. The third kappa shape index (κ3) is 2.37. The number of ether oxygens (including phenoxy) is 2. The van der Waals surface area contributed by atoms with Crippen LogP contribution in [-0.4, -0.2) is 68.6 Å². The number of nitrogens with zero attached hydrogens (tertiary/aromatic N) is 2. The van der Waals surface area contributed by atoms with E-state index in [0.717, 1.165) is 5.56 Å². The van der Waals surface area contributed by atoms with Crippen molar-refractivity contribution >= 4 is 17.4 Å². The van der Waals surface area contributed by atoms with Crippen LogP contribution in [0.5, 0.6) is 0 Å². The Labute approximate surface area is 125 Å². The number of hydrogen-bond acceptors (Lipinski definition) is 8. The second kappa shape index (κ2) is 5.31. The average Bonchev–Trinajstić information content (AvgIpc) is 2.88. The van der Waals surface area contributed by atoms with Crippen molar-refractivity contribution in [1.82, 2.24) is 9.97 Å². The number of halogens is 1. The van der Waals surface area contributed by atoms with E-state index in [1.54, 1.807) is 6.92 Å². The number of aryl methyl sites for hydroxylation is 1. The molecule has 9 heteroatoms. The highest BCUT2D eigenvalue weighted by Crippen LogP contribution is 2.37. The molecule has 2 fully saturated rings. The molecule has 2 aliphatic heterocycles. The summed E-state index contributed by atoms with van der Waals surface area (Å²) in [7, 11) is 0. The van der Waals surface area contributed by atoms with Crippen molar-refractivity contribution in [1.29, 1.82) is 0 Å². The van der Waals surface area contributed by atoms with Gasteiger partial charge in [-0.05, 0) is 18.5 Å². The molecule has 0 aliphatic carbocycles. The Morgan fingerprint density at radius 3 is 3.00 bits per heavy atom. The molecule has 0 saturated carbocycles. The maximum atomic E-state index is 10.3. The van der Waals surface area contributed by atoms with Gasteiger partial charge in [-0.2, -0.15) is 0 Å². The summed E-state index contributed by atoms with van der Waals surface area (Å²) < 4.78 is 11.0. The molecule has 2 bridgehead atoms. The summed E-state index contributed by atoms with van der Waals surface area (Å²) in [6.07, 6.45) is -1.73. The van der Waals surface area contributed by atoms with Crippen LogP contribution in [0.3, 0.4) is 0 Å². The van der Waals surface area contributed by atoms with E-state index >= 15 is 0 Å². The number of fused-ring (bicyclic) bond motifs is 2. The third-order valence-corrected chi connectivity index (χ3v) is 4.06. The van der Waals surface area contributed by atoms with Gasteiger partial charge in [0.2, 0.25) is 5.28 Å². The molecule has 5 atom stereocenters. The zero-order chi connectivity index (χ0) is 15.2. The second-order valence-electron chi connectivity index (χ2n) is 5.30. The average molecular weight is 318 g/mol. The highest BCUT2D eigenvalue weighted by molar-refractivity contribution is 6.28. The van der Waals surface area contributed by atoms with Crippen molar-refractivity contribution in [2.45, 2.75) is 37.1 Å². The molecule has 3 heterocycles. The van der Waals surface area contributed by atoms with Gasteiger partial charge >= 0.3 is 0 Å². The van der Waals surface area contributed by atoms with Crippen LogP contribution in [0.25, 0.3) is 0 Å². The van der Waals surface area contributed by atoms with Gasteiger partial charge in [0.05, 0.1) is 13.2 Å². The topological polar surface area (TPSA) is 117 Å². The molecule has 3 rings (SSSR count). The molecule has 0 radical (unpaired) electrons. The highest BCUT2D eigenvalue weighted by Gasteiger charge is 2.59. The van der Waals surface area contributed by atoms with Crippen molar-refractivity contribution in [3.8, 4) is 0 Å². The Morgan fingerprint density at radius 1 is 1.52 bits per heavy atom. The number of rotatable bonds is 3. The lowest BCUT2D eigenvalue weighted by Gasteiger charge is -2.42. The molecule has 0 unspecified atom stereocenters. The summed E-state index contributed by atoms with van der Waals surface area (Å²) in [4.78, 5) is 7.88. The number of aliphatic hydroxyl groups excluding tert-OH is 3. The molecule has 1 aromatic heterocycles. The van der Waals surface area contributed by atoms with E-state index in [4.69, 9.17) is 21.1 Å². The smallest absolute Gasteiger partial charge is 0.224 e. The van der Waals surface area contributed by atoms with Crippen LogP contribution in [0.15, 0.2) is 6.20 Å². The van der Waals surface area contributed by atoms with Gasteiger partial charge in [-0.3, -0.25) is 0 Å². The molecule has 0 amide bonds. The Bertz CT molecular complexity index is 548. The van der Waals surface area contributed by atoms with Gasteiger partial charge in [0.15, 0.2) is 6.29 Å². The fourth-order valence-corrected chi connectivity index (χ4v) is 2.71. The van der Waals surface area contributed by atoms with Crippen LogP contribution in [0.2, 0.25) is 5.28 Å². The summed E-state index contributed by atoms with van der Waals surface area (Å²) in [6, 6.07) is -0.744. The quantitative estimate of drug-likeness (QED) is 0.528. The van der Waals surface area contributed by atoms with Gasteiger partial charge in [0.25, 0.3) is 0 Å². The van der Waals surface area contributed by atoms with Crippen molar-refractivity contribution in [2.24, 2.45) is 0 Å². The van der Waals surface area contributed by atoms with Crippen molar-refractivity contribution in [3.63, 3.8) is 0 Å². The van der Waals surface area contributed by atoms with Gasteiger partial charge in [-0.25, -0.2) is 9.97 Å². The molecule has 1 aromatic rings. The van der Waals surface area contributed by atoms with Gasteiger partial charge in [0.1, 0.15) is 29.7 Å². The molecule has 8 nitrogen and oxygen atoms in total. The van der Waals surface area contributed by atoms with E-state index in [1.807, 2.05) is 0 Å². The summed E-state index contributed by atoms with van der Waals surface area (Å²) >= 11 is 5.75. The van der Waals surface area contributed by atoms with Crippen LogP contribution in [0.1, 0.15) is 5.56 Å². The van der Waals surface area contributed by atoms with E-state index < -0.39 is 36.7 Å². The summed E-state index contributed by atoms with van der Waals surface area (Å²) in [6.45, 7) is 1.35. The lowest BCUT2D eigenvalue weighted by Crippen LogP contribution is -2.64. The number of nitrogens with one attached hydrogen (secondary N) is 1. The Balaban J connectivity index is 1.85. The van der Waals surface area contributed by atoms with Crippen molar-refractivity contribution in [2.75, 3.05) is 18.5 Å². The standard InChI is InChI=1S/C12H16ClN3O5/c1-5-2-14-11(13)16-9(5)15-6-7(18)8(19)12(3-17)4-20-10(6)21-12/h2,6-8,10,17-19H,3-4H2,1H3,(H,14,15,16)/t6-,7-,8-,10+,12+/m1/s1. The monoisotopic (exact) mass is 317 g/mol. The molecule has 4 N–H and O–H groups in total. The fourth-order valence-electron chi connectivity index (χ4n) is 2.58. The Kier molecular flexibility index (Phi) is 3.76. The zero-order valence-electron chi connectivity index (χ0n) is 11.2. The lowest BCUT2D eigenvalue weighted by molar-refractivity contribution is -0.224. The number of aromatic nitrogens is 2. The molecule has 116 valence electrons. The highest BCUT2D eigenvalue weighted by atomic mass is 35.5. The molecule has 21 heavy (non-hydrogen) atoms. The fraction of sp³-hybridized carbons (Fsp3) is 0.667. The molecular formula is C12H16ClN3O5. The summed E-state index contributed by atoms with van der Waals surface area (Å²) in [5.41, 5.74) is -0.557. The summed E-state index contributed by atoms with van der Waals surface area (Å²) in [5, 5.41) is 32.9. The van der Waals surface area contributed by atoms with Gasteiger partial charge in [-0.15, -0.1) is 0 Å². The molecule has 0 spiro atoms. The normalized spacial score (nSPS) is 38.5. The third-order valence-electron chi connectivity index (χ3n) is 3.88. The minimum atomic E-state index is -1.28. The first-order valence-electron chi connectivity index (χ1n) is 6.49. The SMILES string of the molecule is Cc1cnc(Cl)nc1N[C@H]1[C@H]2OC[C@](CO)(O2)[C@H](O)[C@@H]1O. The summed E-state index contributed by atoms with van der Waals surface area (Å²) in [5.74, 6) is 0.418. The Morgan fingerprint density at radius 2 is 2.29 bits per heavy atom. The number of aliphatic hydroxyl groups is 3. The molecule has 2 saturated heterocycles. The molecule has 0 aromatic carbocycles. The predicted molar refractivity (Wildman–Crippen MR) is 71.8 cm³/mol. The van der Waals surface area contributed by atoms with E-state index in [-0.39, 0.29) is 11.9 Å². The first-order valence-corrected chi connectivity index (χ1v) is 6.87. The van der Waals surface area contributed by atoms with Crippen LogP contribution < -0.4 is 5.32 Å². The molecule has 2 aliphatic rings. The van der Waals surface area contributed by atoms with Gasteiger partial charge < -0.3 is 30.1 Å². The van der Waals surface area contributed by atoms with E-state index in [1.165, 1.54) is 6.20 Å². The van der Waals surface area contributed by atoms with Crippen molar-refractivity contribution in [3.05, 3.63) is 17.0 Å². The largest absolute Gasteiger partial charge is 0.393 e. The minimum absolute atomic E-state index is 0.00802. The zero-order valence-corrected chi connectivity index (χ0v) is 12.0. The maximum absolute atomic E-state index is 10.3. The van der Waals surface area contributed by atoms with Crippen LogP contribution >= 0.6 is 11.6 Å². The maximum Gasteiger partial charge on any atom is 0.224 e. The van der Waals surface area contributed by atoms with Gasteiger partial charge in [-0.1, -0.05) is 0 Å². The Hall–Kier alpha value is -1.03. The van der Waals surface area contributed by atoms with Crippen molar-refractivity contribution < 1.29 is 24.8 Å². The van der Waals surface area contributed by atoms with Crippen LogP contribution in [0.4, 0.5) is 5.82 Å². The lowest BCUT2D eigenvalue weighted by atomic mass is 9.88. The first-order chi connectivity index (χ1) is 9.97. The van der Waals surface area contributed by atoms with E-state index in [0.29, 0.717) is 5.82 Å². The first kappa shape index (κ1) is 14.9. The number of hydrogen-bond donors (Lipinski definition) is 4. The van der Waals surface area contributed by atoms with Crippen LogP contribution in [0, 0.1) is 6.92 Å². The van der Waals surface area contributed by atoms with E-state index in [9.17, 15) is 15.3 Å². The van der Waals surface area contributed by atoms with Gasteiger partial charge in [0, 0.05) is 11.8 Å². The van der Waals surface area contributed by atoms with E-state index in [2.05, 4.69) is 15.3 Å². The minimum Gasteiger partial charge on any atom is -0.393 e.